The van der Waals surface area contributed by atoms with Gasteiger partial charge in [0.2, 0.25) is 0 Å². The largest absolute Gasteiger partial charge is 0.374 e. The van der Waals surface area contributed by atoms with E-state index in [4.69, 9.17) is 0 Å². The van der Waals surface area contributed by atoms with Gasteiger partial charge in [-0.2, -0.15) is 0 Å². The van der Waals surface area contributed by atoms with Crippen molar-refractivity contribution < 1.29 is 0 Å². The van der Waals surface area contributed by atoms with Crippen molar-refractivity contribution in [3.63, 3.8) is 0 Å². The van der Waals surface area contributed by atoms with E-state index in [2.05, 4.69) is 70.4 Å². The van der Waals surface area contributed by atoms with Crippen molar-refractivity contribution in [1.29, 1.82) is 0 Å². The van der Waals surface area contributed by atoms with Gasteiger partial charge >= 0.3 is 0 Å². The molecule has 1 aliphatic rings. The molecule has 0 bridgehead atoms. The Morgan fingerprint density at radius 3 is 2.55 bits per heavy atom. The number of benzene rings is 1. The van der Waals surface area contributed by atoms with Gasteiger partial charge in [0.25, 0.3) is 0 Å². The smallest absolute Gasteiger partial charge is 0.0508 e. The minimum atomic E-state index is 0.766. The Morgan fingerprint density at radius 1 is 1.20 bits per heavy atom. The van der Waals surface area contributed by atoms with Gasteiger partial charge in [-0.3, -0.25) is 0 Å². The number of nitrogens with zero attached hydrogens (tertiary/aromatic N) is 2. The van der Waals surface area contributed by atoms with Crippen LogP contribution in [-0.4, -0.2) is 45.2 Å². The number of nitrogens with one attached hydrogen (secondary N) is 1. The maximum absolute atomic E-state index is 3.71. The van der Waals surface area contributed by atoms with E-state index in [0.29, 0.717) is 0 Å². The van der Waals surface area contributed by atoms with Crippen LogP contribution >= 0.6 is 15.9 Å². The number of hydrogen-bond donors (Lipinski definition) is 1. The zero-order valence-electron chi connectivity index (χ0n) is 12.8. The minimum Gasteiger partial charge on any atom is -0.374 e. The lowest BCUT2D eigenvalue weighted by molar-refractivity contribution is 0.401. The summed E-state index contributed by atoms with van der Waals surface area (Å²) in [5.41, 5.74) is 2.63. The van der Waals surface area contributed by atoms with Crippen molar-refractivity contribution in [3.8, 4) is 0 Å². The minimum absolute atomic E-state index is 0.766. The maximum Gasteiger partial charge on any atom is 0.0508 e. The van der Waals surface area contributed by atoms with Crippen LogP contribution in [0.2, 0.25) is 0 Å². The molecule has 1 N–H and O–H groups in total. The van der Waals surface area contributed by atoms with E-state index >= 15 is 0 Å². The van der Waals surface area contributed by atoms with Gasteiger partial charge < -0.3 is 15.1 Å². The fourth-order valence-corrected chi connectivity index (χ4v) is 2.99. The van der Waals surface area contributed by atoms with E-state index in [1.54, 1.807) is 0 Å². The van der Waals surface area contributed by atoms with Gasteiger partial charge in [-0.25, -0.2) is 0 Å². The van der Waals surface area contributed by atoms with E-state index in [1.807, 2.05) is 0 Å². The highest BCUT2D eigenvalue weighted by Gasteiger charge is 2.20. The molecule has 1 aromatic carbocycles. The van der Waals surface area contributed by atoms with E-state index in [-0.39, 0.29) is 0 Å². The van der Waals surface area contributed by atoms with Gasteiger partial charge in [-0.05, 0) is 73.5 Å². The molecule has 0 spiro atoms. The fraction of sp³-hybridized carbons (Fsp3) is 0.625. The third kappa shape index (κ3) is 5.08. The predicted octanol–water partition coefficient (Wildman–Crippen LogP) is 3.09. The molecule has 0 aliphatic heterocycles. The zero-order valence-corrected chi connectivity index (χ0v) is 14.4. The number of anilines is 1. The first-order valence-electron chi connectivity index (χ1n) is 7.44. The van der Waals surface area contributed by atoms with E-state index in [9.17, 15) is 0 Å². The fourth-order valence-electron chi connectivity index (χ4n) is 2.26. The molecule has 0 radical (unpaired) electrons. The summed E-state index contributed by atoms with van der Waals surface area (Å²) >= 11 is 3.71. The van der Waals surface area contributed by atoms with E-state index in [0.717, 1.165) is 25.7 Å². The maximum atomic E-state index is 3.71. The lowest BCUT2D eigenvalue weighted by Crippen LogP contribution is -2.23. The van der Waals surface area contributed by atoms with Crippen molar-refractivity contribution in [2.24, 2.45) is 0 Å². The molecule has 3 nitrogen and oxygen atoms in total. The number of halogens is 1. The van der Waals surface area contributed by atoms with Crippen LogP contribution in [0.1, 0.15) is 24.8 Å². The average molecular weight is 340 g/mol. The van der Waals surface area contributed by atoms with Gasteiger partial charge in [-0.1, -0.05) is 6.07 Å². The van der Waals surface area contributed by atoms with Crippen LogP contribution < -0.4 is 10.2 Å². The standard InChI is InChI=1S/C16H26BrN3/c1-19(2)9-4-10-20(3)16-8-5-13(11-15(16)17)12-18-14-6-7-14/h5,8,11,14,18H,4,6-7,9-10,12H2,1-3H3. The highest BCUT2D eigenvalue weighted by atomic mass is 79.9. The van der Waals surface area contributed by atoms with E-state index in [1.165, 1.54) is 35.0 Å². The second kappa shape index (κ2) is 7.43. The molecular weight excluding hydrogens is 314 g/mol. The first-order valence-corrected chi connectivity index (χ1v) is 8.23. The molecule has 1 fully saturated rings. The Bertz CT molecular complexity index is 430. The van der Waals surface area contributed by atoms with Crippen molar-refractivity contribution >= 4 is 21.6 Å². The summed E-state index contributed by atoms with van der Waals surface area (Å²) in [5, 5.41) is 3.56. The van der Waals surface area contributed by atoms with Crippen molar-refractivity contribution in [3.05, 3.63) is 28.2 Å². The summed E-state index contributed by atoms with van der Waals surface area (Å²) in [6.45, 7) is 3.19. The van der Waals surface area contributed by atoms with Gasteiger partial charge in [0, 0.05) is 30.7 Å². The molecular formula is C16H26BrN3. The summed E-state index contributed by atoms with van der Waals surface area (Å²) in [6.07, 6.45) is 3.86. The van der Waals surface area contributed by atoms with Crippen LogP contribution in [0.5, 0.6) is 0 Å². The SMILES string of the molecule is CN(C)CCCN(C)c1ccc(CNC2CC2)cc1Br. The molecule has 1 saturated carbocycles. The molecule has 0 aromatic heterocycles. The van der Waals surface area contributed by atoms with Crippen LogP contribution in [0.4, 0.5) is 5.69 Å². The first kappa shape index (κ1) is 15.8. The number of rotatable bonds is 8. The van der Waals surface area contributed by atoms with Gasteiger partial charge in [0.1, 0.15) is 0 Å². The molecule has 1 aromatic rings. The summed E-state index contributed by atoms with van der Waals surface area (Å²) in [4.78, 5) is 4.56. The normalized spacial score (nSPS) is 14.8. The Labute approximate surface area is 131 Å². The highest BCUT2D eigenvalue weighted by molar-refractivity contribution is 9.10. The average Bonchev–Trinajstić information content (AvgIpc) is 3.19. The van der Waals surface area contributed by atoms with Gasteiger partial charge in [-0.15, -0.1) is 0 Å². The summed E-state index contributed by atoms with van der Waals surface area (Å²) in [6, 6.07) is 7.47. The summed E-state index contributed by atoms with van der Waals surface area (Å²) in [7, 11) is 6.41. The molecule has 0 heterocycles. The Morgan fingerprint density at radius 2 is 1.95 bits per heavy atom. The molecule has 0 saturated heterocycles. The lowest BCUT2D eigenvalue weighted by atomic mass is 10.2. The number of hydrogen-bond acceptors (Lipinski definition) is 3. The Kier molecular flexibility index (Phi) is 5.87. The second-order valence-corrected chi connectivity index (χ2v) is 6.87. The Hall–Kier alpha value is -0.580. The molecule has 4 heteroatoms. The topological polar surface area (TPSA) is 18.5 Å². The van der Waals surface area contributed by atoms with Crippen LogP contribution in [0.15, 0.2) is 22.7 Å². The summed E-state index contributed by atoms with van der Waals surface area (Å²) in [5.74, 6) is 0. The third-order valence-corrected chi connectivity index (χ3v) is 4.33. The highest BCUT2D eigenvalue weighted by Crippen LogP contribution is 2.27. The molecule has 20 heavy (non-hydrogen) atoms. The van der Waals surface area contributed by atoms with Crippen LogP contribution in [0.3, 0.4) is 0 Å². The zero-order chi connectivity index (χ0) is 14.5. The third-order valence-electron chi connectivity index (χ3n) is 3.69. The Balaban J connectivity index is 1.86. The lowest BCUT2D eigenvalue weighted by Gasteiger charge is -2.22. The van der Waals surface area contributed by atoms with Crippen molar-refractivity contribution in [1.82, 2.24) is 10.2 Å². The molecule has 112 valence electrons. The summed E-state index contributed by atoms with van der Waals surface area (Å²) < 4.78 is 1.19. The second-order valence-electron chi connectivity index (χ2n) is 6.02. The predicted molar refractivity (Wildman–Crippen MR) is 90.4 cm³/mol. The van der Waals surface area contributed by atoms with Crippen molar-refractivity contribution in [2.75, 3.05) is 39.1 Å². The van der Waals surface area contributed by atoms with Crippen LogP contribution in [0.25, 0.3) is 0 Å². The van der Waals surface area contributed by atoms with Crippen molar-refractivity contribution in [2.45, 2.75) is 31.8 Å². The van der Waals surface area contributed by atoms with Crippen LogP contribution in [0, 0.1) is 0 Å². The first-order chi connectivity index (χ1) is 9.56. The molecule has 0 unspecified atom stereocenters. The monoisotopic (exact) mass is 339 g/mol. The molecule has 0 atom stereocenters. The van der Waals surface area contributed by atoms with Gasteiger partial charge in [0.05, 0.1) is 5.69 Å². The van der Waals surface area contributed by atoms with Gasteiger partial charge in [0.15, 0.2) is 0 Å². The molecule has 1 aliphatic carbocycles. The quantitative estimate of drug-likeness (QED) is 0.785. The van der Waals surface area contributed by atoms with E-state index < -0.39 is 0 Å². The molecule has 2 rings (SSSR count). The van der Waals surface area contributed by atoms with Crippen LogP contribution in [-0.2, 0) is 6.54 Å². The molecule has 0 amide bonds.